The molecule has 0 radical (unpaired) electrons. The number of fused-ring (bicyclic) bond motifs is 1. The van der Waals surface area contributed by atoms with Crippen LogP contribution in [-0.2, 0) is 4.79 Å². The van der Waals surface area contributed by atoms with Gasteiger partial charge in [0, 0.05) is 0 Å². The molecule has 0 spiro atoms. The number of methoxy groups -OCH3 is 1. The first-order valence-corrected chi connectivity index (χ1v) is 11.4. The van der Waals surface area contributed by atoms with E-state index in [4.69, 9.17) is 14.9 Å². The maximum Gasteiger partial charge on any atom is 0.343 e. The van der Waals surface area contributed by atoms with Crippen LogP contribution in [-0.4, -0.2) is 46.3 Å². The first-order valence-electron chi connectivity index (χ1n) is 9.41. The highest BCUT2D eigenvalue weighted by Gasteiger charge is 2.37. The van der Waals surface area contributed by atoms with Crippen molar-refractivity contribution in [2.24, 2.45) is 9.39 Å². The van der Waals surface area contributed by atoms with Gasteiger partial charge in [-0.25, -0.2) is 9.69 Å². The number of amidine groups is 3. The molecule has 0 aliphatic carbocycles. The van der Waals surface area contributed by atoms with Gasteiger partial charge in [-0.3, -0.25) is 10.2 Å². The van der Waals surface area contributed by atoms with Crippen LogP contribution < -0.4 is 9.47 Å². The fraction of sp³-hybridized carbons (Fsp3) is 0.136. The molecule has 2 aromatic rings. The Kier molecular flexibility index (Phi) is 6.15. The van der Waals surface area contributed by atoms with Crippen molar-refractivity contribution in [1.82, 2.24) is 4.90 Å². The van der Waals surface area contributed by atoms with Crippen LogP contribution in [0.3, 0.4) is 0 Å². The molecule has 0 unspecified atom stereocenters. The van der Waals surface area contributed by atoms with Gasteiger partial charge in [-0.05, 0) is 49.1 Å². The second kappa shape index (κ2) is 9.01. The van der Waals surface area contributed by atoms with Crippen molar-refractivity contribution in [2.75, 3.05) is 13.4 Å². The van der Waals surface area contributed by atoms with Gasteiger partial charge in [0.25, 0.3) is 5.91 Å². The summed E-state index contributed by atoms with van der Waals surface area (Å²) in [5, 5.41) is 9.44. The van der Waals surface area contributed by atoms with Crippen LogP contribution >= 0.6 is 23.7 Å². The highest BCUT2D eigenvalue weighted by atomic mass is 32.2. The number of thioether (sulfide) groups is 1. The predicted octanol–water partition coefficient (Wildman–Crippen LogP) is 4.16. The monoisotopic (exact) mass is 466 g/mol. The first kappa shape index (κ1) is 21.8. The Labute approximate surface area is 193 Å². The molecular formula is C22H18N4O4S2. The minimum Gasteiger partial charge on any atom is -0.493 e. The molecule has 0 saturated heterocycles. The number of hydrogen-bond donors (Lipinski definition) is 1. The third-order valence-corrected chi connectivity index (χ3v) is 6.09. The number of carbonyl (C=O) groups excluding carboxylic acids is 2. The molecule has 32 heavy (non-hydrogen) atoms. The number of nitrogens with one attached hydrogen (secondary N) is 1. The second-order valence-corrected chi connectivity index (χ2v) is 8.28. The number of amides is 1. The van der Waals surface area contributed by atoms with E-state index in [2.05, 4.69) is 9.39 Å². The van der Waals surface area contributed by atoms with Gasteiger partial charge in [0.15, 0.2) is 16.7 Å². The molecule has 10 heteroatoms. The van der Waals surface area contributed by atoms with Gasteiger partial charge < -0.3 is 9.47 Å². The summed E-state index contributed by atoms with van der Waals surface area (Å²) in [6.45, 7) is 1.89. The Morgan fingerprint density at radius 1 is 1.22 bits per heavy atom. The molecule has 0 fully saturated rings. The van der Waals surface area contributed by atoms with Gasteiger partial charge in [-0.2, -0.15) is 9.39 Å². The van der Waals surface area contributed by atoms with Gasteiger partial charge in [0.1, 0.15) is 5.84 Å². The van der Waals surface area contributed by atoms with E-state index in [9.17, 15) is 9.59 Å². The lowest BCUT2D eigenvalue weighted by molar-refractivity contribution is -0.114. The third kappa shape index (κ3) is 4.19. The summed E-state index contributed by atoms with van der Waals surface area (Å²) in [5.41, 5.74) is 2.11. The highest BCUT2D eigenvalue weighted by molar-refractivity contribution is 8.18. The Morgan fingerprint density at radius 3 is 2.75 bits per heavy atom. The van der Waals surface area contributed by atoms with E-state index in [1.54, 1.807) is 42.5 Å². The number of rotatable bonds is 4. The summed E-state index contributed by atoms with van der Waals surface area (Å²) in [5.74, 6) is -0.437. The maximum atomic E-state index is 12.5. The number of aliphatic imine (C=N–C) groups is 1. The number of nitrogens with zero attached hydrogens (tertiary/aromatic N) is 3. The Morgan fingerprint density at radius 2 is 2.03 bits per heavy atom. The number of benzene rings is 2. The quantitative estimate of drug-likeness (QED) is 0.312. The van der Waals surface area contributed by atoms with E-state index in [1.165, 1.54) is 23.8 Å². The summed E-state index contributed by atoms with van der Waals surface area (Å²) in [6.07, 6.45) is 3.40. The Balaban J connectivity index is 1.61. The normalized spacial score (nSPS) is 16.6. The zero-order valence-corrected chi connectivity index (χ0v) is 19.0. The molecule has 0 bridgehead atoms. The van der Waals surface area contributed by atoms with Crippen molar-refractivity contribution < 1.29 is 19.1 Å². The highest BCUT2D eigenvalue weighted by Crippen LogP contribution is 2.33. The number of ether oxygens (including phenoxy) is 2. The molecule has 162 valence electrons. The van der Waals surface area contributed by atoms with Crippen molar-refractivity contribution in [3.05, 3.63) is 64.7 Å². The molecule has 4 rings (SSSR count). The summed E-state index contributed by atoms with van der Waals surface area (Å²) < 4.78 is 15.1. The summed E-state index contributed by atoms with van der Waals surface area (Å²) in [7, 11) is 1.46. The first-order chi connectivity index (χ1) is 15.4. The van der Waals surface area contributed by atoms with Crippen molar-refractivity contribution in [3.63, 3.8) is 0 Å². The van der Waals surface area contributed by atoms with E-state index in [1.807, 2.05) is 19.2 Å². The second-order valence-electron chi connectivity index (χ2n) is 6.78. The van der Waals surface area contributed by atoms with E-state index in [0.29, 0.717) is 27.2 Å². The molecular weight excluding hydrogens is 448 g/mol. The average molecular weight is 467 g/mol. The van der Waals surface area contributed by atoms with Gasteiger partial charge >= 0.3 is 5.97 Å². The van der Waals surface area contributed by atoms with Gasteiger partial charge in [0.2, 0.25) is 5.17 Å². The molecule has 0 saturated carbocycles. The SMILES string of the molecule is COc1cc(/C=C2/C(=N)N3C(SC)=NSC3=NC2=O)ccc1OC(=O)c1cccc(C)c1. The molecule has 0 atom stereocenters. The minimum atomic E-state index is -0.514. The lowest BCUT2D eigenvalue weighted by Gasteiger charge is -2.23. The van der Waals surface area contributed by atoms with Crippen molar-refractivity contribution >= 4 is 57.8 Å². The molecule has 1 N–H and O–H groups in total. The number of carbonyl (C=O) groups is 2. The van der Waals surface area contributed by atoms with Crippen molar-refractivity contribution in [2.45, 2.75) is 6.92 Å². The van der Waals surface area contributed by atoms with Crippen LogP contribution in [0.2, 0.25) is 0 Å². The van der Waals surface area contributed by atoms with Crippen LogP contribution in [0, 0.1) is 12.3 Å². The largest absolute Gasteiger partial charge is 0.493 e. The molecule has 1 amide bonds. The number of esters is 1. The van der Waals surface area contributed by atoms with E-state index in [-0.39, 0.29) is 17.2 Å². The van der Waals surface area contributed by atoms with E-state index >= 15 is 0 Å². The smallest absolute Gasteiger partial charge is 0.343 e. The van der Waals surface area contributed by atoms with Crippen LogP contribution in [0.15, 0.2) is 57.4 Å². The average Bonchev–Trinajstić information content (AvgIpc) is 3.20. The summed E-state index contributed by atoms with van der Waals surface area (Å²) >= 11 is 2.44. The minimum absolute atomic E-state index is 0.00650. The molecule has 2 aromatic carbocycles. The third-order valence-electron chi connectivity index (χ3n) is 4.63. The van der Waals surface area contributed by atoms with Crippen LogP contribution in [0.1, 0.15) is 21.5 Å². The standard InChI is InChI=1S/C22H18N4O4S2/c1-12-5-4-6-14(9-12)20(28)30-16-8-7-13(11-17(16)29-2)10-15-18(23)26-21(24-19(15)27)32-25-22(26)31-3/h4-11,23H,1-3H3/b15-10-,23-18?. The predicted molar refractivity (Wildman–Crippen MR) is 128 cm³/mol. The maximum absolute atomic E-state index is 12.5. The number of hydrogen-bond acceptors (Lipinski definition) is 8. The lowest BCUT2D eigenvalue weighted by Crippen LogP contribution is -2.41. The molecule has 2 aliphatic rings. The van der Waals surface area contributed by atoms with Crippen LogP contribution in [0.5, 0.6) is 11.5 Å². The van der Waals surface area contributed by atoms with Gasteiger partial charge in [-0.1, -0.05) is 35.5 Å². The van der Waals surface area contributed by atoms with Gasteiger partial charge in [0.05, 0.1) is 30.2 Å². The zero-order valence-electron chi connectivity index (χ0n) is 17.4. The molecule has 0 aromatic heterocycles. The Bertz CT molecular complexity index is 1240. The van der Waals surface area contributed by atoms with E-state index < -0.39 is 11.9 Å². The fourth-order valence-corrected chi connectivity index (χ4v) is 4.54. The van der Waals surface area contributed by atoms with Crippen molar-refractivity contribution in [1.29, 1.82) is 5.41 Å². The lowest BCUT2D eigenvalue weighted by atomic mass is 10.1. The zero-order chi connectivity index (χ0) is 22.8. The Hall–Kier alpha value is -3.37. The van der Waals surface area contributed by atoms with Crippen LogP contribution in [0.25, 0.3) is 6.08 Å². The summed E-state index contributed by atoms with van der Waals surface area (Å²) in [4.78, 5) is 30.6. The van der Waals surface area contributed by atoms with Gasteiger partial charge in [-0.15, -0.1) is 0 Å². The fourth-order valence-electron chi connectivity index (χ4n) is 3.09. The molecule has 2 aliphatic heterocycles. The van der Waals surface area contributed by atoms with E-state index in [0.717, 1.165) is 17.5 Å². The molecule has 2 heterocycles. The number of aryl methyl sites for hydroxylation is 1. The van der Waals surface area contributed by atoms with Crippen LogP contribution in [0.4, 0.5) is 0 Å². The van der Waals surface area contributed by atoms with Crippen molar-refractivity contribution in [3.8, 4) is 11.5 Å². The topological polar surface area (TPSA) is 104 Å². The summed E-state index contributed by atoms with van der Waals surface area (Å²) in [6, 6.07) is 12.0. The molecule has 8 nitrogen and oxygen atoms in total.